The van der Waals surface area contributed by atoms with Crippen molar-refractivity contribution in [2.45, 2.75) is 11.8 Å². The van der Waals surface area contributed by atoms with Gasteiger partial charge in [-0.25, -0.2) is 4.83 Å². The summed E-state index contributed by atoms with van der Waals surface area (Å²) in [6, 6.07) is 11.2. The Morgan fingerprint density at radius 1 is 1.17 bits per heavy atom. The first-order valence-electron chi connectivity index (χ1n) is 6.66. The van der Waals surface area contributed by atoms with Gasteiger partial charge in [0.15, 0.2) is 0 Å². The van der Waals surface area contributed by atoms with Gasteiger partial charge in [0.25, 0.3) is 10.0 Å². The van der Waals surface area contributed by atoms with Gasteiger partial charge in [0, 0.05) is 5.56 Å². The van der Waals surface area contributed by atoms with Crippen LogP contribution in [0.2, 0.25) is 10.0 Å². The van der Waals surface area contributed by atoms with Crippen molar-refractivity contribution in [3.05, 3.63) is 58.1 Å². The number of sulfonamides is 1. The monoisotopic (exact) mass is 372 g/mol. The Balaban J connectivity index is 2.17. The van der Waals surface area contributed by atoms with Crippen molar-refractivity contribution in [3.63, 3.8) is 0 Å². The zero-order valence-corrected chi connectivity index (χ0v) is 14.5. The molecule has 0 aliphatic heterocycles. The Labute approximate surface area is 144 Å². The summed E-state index contributed by atoms with van der Waals surface area (Å²) in [6.45, 7) is 2.36. The van der Waals surface area contributed by atoms with Crippen molar-refractivity contribution in [1.82, 2.24) is 4.83 Å². The summed E-state index contributed by atoms with van der Waals surface area (Å²) in [5, 5.41) is 4.20. The molecule has 5 nitrogen and oxygen atoms in total. The van der Waals surface area contributed by atoms with Crippen molar-refractivity contribution >= 4 is 39.4 Å². The molecule has 122 valence electrons. The van der Waals surface area contributed by atoms with Gasteiger partial charge in [0.05, 0.1) is 27.8 Å². The van der Waals surface area contributed by atoms with Crippen molar-refractivity contribution in [1.29, 1.82) is 0 Å². The summed E-state index contributed by atoms with van der Waals surface area (Å²) < 4.78 is 29.7. The smallest absolute Gasteiger partial charge is 0.276 e. The van der Waals surface area contributed by atoms with Crippen LogP contribution in [0.25, 0.3) is 0 Å². The largest absolute Gasteiger partial charge is 0.493 e. The van der Waals surface area contributed by atoms with Crippen molar-refractivity contribution in [2.24, 2.45) is 5.10 Å². The quantitative estimate of drug-likeness (QED) is 0.620. The molecule has 0 fully saturated rings. The van der Waals surface area contributed by atoms with Gasteiger partial charge in [-0.1, -0.05) is 35.3 Å². The standard InChI is InChI=1S/C15H14Cl2N2O3S/c1-2-22-15-6-4-3-5-11(15)10-18-19-23(20,21)12-7-8-13(16)14(17)9-12/h3-10,19H,2H2,1H3/b18-10+. The van der Waals surface area contributed by atoms with E-state index in [-0.39, 0.29) is 14.9 Å². The molecule has 0 bridgehead atoms. The molecule has 0 atom stereocenters. The molecule has 2 rings (SSSR count). The molecule has 0 heterocycles. The van der Waals surface area contributed by atoms with E-state index >= 15 is 0 Å². The number of hydrazone groups is 1. The summed E-state index contributed by atoms with van der Waals surface area (Å²) in [6.07, 6.45) is 1.38. The number of rotatable bonds is 6. The third-order valence-electron chi connectivity index (χ3n) is 2.80. The molecule has 2 aromatic carbocycles. The SMILES string of the molecule is CCOc1ccccc1/C=N/NS(=O)(=O)c1ccc(Cl)c(Cl)c1. The molecular formula is C15H14Cl2N2O3S. The second-order valence-electron chi connectivity index (χ2n) is 4.40. The summed E-state index contributed by atoms with van der Waals surface area (Å²) >= 11 is 11.6. The zero-order valence-electron chi connectivity index (χ0n) is 12.2. The molecule has 0 aliphatic rings. The number of hydrogen-bond acceptors (Lipinski definition) is 4. The average molecular weight is 373 g/mol. The molecule has 2 aromatic rings. The number of nitrogens with one attached hydrogen (secondary N) is 1. The Morgan fingerprint density at radius 3 is 2.61 bits per heavy atom. The van der Waals surface area contributed by atoms with Crippen LogP contribution in [0.4, 0.5) is 0 Å². The van der Waals surface area contributed by atoms with E-state index in [1.54, 1.807) is 18.2 Å². The fraction of sp³-hybridized carbons (Fsp3) is 0.133. The van der Waals surface area contributed by atoms with E-state index in [0.717, 1.165) is 0 Å². The van der Waals surface area contributed by atoms with Gasteiger partial charge in [0.2, 0.25) is 0 Å². The number of halogens is 2. The van der Waals surface area contributed by atoms with Gasteiger partial charge in [-0.2, -0.15) is 13.5 Å². The van der Waals surface area contributed by atoms with E-state index < -0.39 is 10.0 Å². The predicted molar refractivity (Wildman–Crippen MR) is 92.0 cm³/mol. The zero-order chi connectivity index (χ0) is 16.9. The fourth-order valence-corrected chi connectivity index (χ4v) is 2.92. The molecule has 0 saturated heterocycles. The number of benzene rings is 2. The second-order valence-corrected chi connectivity index (χ2v) is 6.87. The van der Waals surface area contributed by atoms with Gasteiger partial charge in [0.1, 0.15) is 5.75 Å². The topological polar surface area (TPSA) is 67.8 Å². The lowest BCUT2D eigenvalue weighted by molar-refractivity contribution is 0.340. The highest BCUT2D eigenvalue weighted by Gasteiger charge is 2.14. The summed E-state index contributed by atoms with van der Waals surface area (Å²) in [7, 11) is -3.83. The van der Waals surface area contributed by atoms with Gasteiger partial charge >= 0.3 is 0 Å². The molecule has 8 heteroatoms. The maximum absolute atomic E-state index is 12.1. The van der Waals surface area contributed by atoms with E-state index in [0.29, 0.717) is 17.9 Å². The molecule has 0 unspecified atom stereocenters. The number of hydrogen-bond donors (Lipinski definition) is 1. The lowest BCUT2D eigenvalue weighted by Gasteiger charge is -2.07. The maximum atomic E-state index is 12.1. The van der Waals surface area contributed by atoms with Crippen LogP contribution in [-0.4, -0.2) is 21.2 Å². The van der Waals surface area contributed by atoms with Crippen LogP contribution in [0.3, 0.4) is 0 Å². The van der Waals surface area contributed by atoms with Crippen LogP contribution in [0.1, 0.15) is 12.5 Å². The second kappa shape index (κ2) is 7.68. The average Bonchev–Trinajstić information content (AvgIpc) is 2.52. The van der Waals surface area contributed by atoms with E-state index in [9.17, 15) is 8.42 Å². The van der Waals surface area contributed by atoms with Crippen LogP contribution < -0.4 is 9.57 Å². The minimum atomic E-state index is -3.83. The van der Waals surface area contributed by atoms with Crippen molar-refractivity contribution < 1.29 is 13.2 Å². The third kappa shape index (κ3) is 4.60. The summed E-state index contributed by atoms with van der Waals surface area (Å²) in [5.41, 5.74) is 0.659. The maximum Gasteiger partial charge on any atom is 0.276 e. The molecule has 0 radical (unpaired) electrons. The molecule has 0 aromatic heterocycles. The van der Waals surface area contributed by atoms with Crippen LogP contribution >= 0.6 is 23.2 Å². The van der Waals surface area contributed by atoms with Crippen LogP contribution in [-0.2, 0) is 10.0 Å². The van der Waals surface area contributed by atoms with Gasteiger partial charge < -0.3 is 4.74 Å². The fourth-order valence-electron chi connectivity index (χ4n) is 1.74. The lowest BCUT2D eigenvalue weighted by atomic mass is 10.2. The molecule has 0 amide bonds. The first-order valence-corrected chi connectivity index (χ1v) is 8.89. The van der Waals surface area contributed by atoms with Crippen molar-refractivity contribution in [2.75, 3.05) is 6.61 Å². The van der Waals surface area contributed by atoms with Crippen LogP contribution in [0.15, 0.2) is 52.5 Å². The van der Waals surface area contributed by atoms with E-state index in [1.807, 2.05) is 13.0 Å². The number of ether oxygens (including phenoxy) is 1. The summed E-state index contributed by atoms with van der Waals surface area (Å²) in [5.74, 6) is 0.618. The van der Waals surface area contributed by atoms with E-state index in [1.165, 1.54) is 24.4 Å². The third-order valence-corrected chi connectivity index (χ3v) is 4.76. The van der Waals surface area contributed by atoms with Crippen LogP contribution in [0, 0.1) is 0 Å². The number of para-hydroxylation sites is 1. The lowest BCUT2D eigenvalue weighted by Crippen LogP contribution is -2.18. The Hall–Kier alpha value is -1.76. The van der Waals surface area contributed by atoms with Crippen LogP contribution in [0.5, 0.6) is 5.75 Å². The molecule has 1 N–H and O–H groups in total. The Bertz CT molecular complexity index is 823. The van der Waals surface area contributed by atoms with E-state index in [2.05, 4.69) is 9.93 Å². The van der Waals surface area contributed by atoms with Gasteiger partial charge in [-0.15, -0.1) is 0 Å². The first-order chi connectivity index (χ1) is 10.9. The Morgan fingerprint density at radius 2 is 1.91 bits per heavy atom. The minimum absolute atomic E-state index is 0.0258. The summed E-state index contributed by atoms with van der Waals surface area (Å²) in [4.78, 5) is 2.10. The van der Waals surface area contributed by atoms with Gasteiger partial charge in [-0.3, -0.25) is 0 Å². The van der Waals surface area contributed by atoms with E-state index in [4.69, 9.17) is 27.9 Å². The Kier molecular flexibility index (Phi) is 5.87. The molecule has 0 spiro atoms. The predicted octanol–water partition coefficient (Wildman–Crippen LogP) is 3.70. The molecule has 0 saturated carbocycles. The normalized spacial score (nSPS) is 11.6. The first kappa shape index (κ1) is 17.6. The molecular weight excluding hydrogens is 359 g/mol. The molecule has 0 aliphatic carbocycles. The highest BCUT2D eigenvalue weighted by Crippen LogP contribution is 2.24. The minimum Gasteiger partial charge on any atom is -0.493 e. The highest BCUT2D eigenvalue weighted by atomic mass is 35.5. The number of nitrogens with zero attached hydrogens (tertiary/aromatic N) is 1. The highest BCUT2D eigenvalue weighted by molar-refractivity contribution is 7.89. The molecule has 23 heavy (non-hydrogen) atoms. The van der Waals surface area contributed by atoms with Crippen molar-refractivity contribution in [3.8, 4) is 5.75 Å². The van der Waals surface area contributed by atoms with Gasteiger partial charge in [-0.05, 0) is 37.3 Å².